The first kappa shape index (κ1) is 15.0. The van der Waals surface area contributed by atoms with Gasteiger partial charge in [0.1, 0.15) is 5.54 Å². The van der Waals surface area contributed by atoms with Crippen molar-refractivity contribution < 1.29 is 9.53 Å². The number of nitrogens with zero attached hydrogens (tertiary/aromatic N) is 2. The Morgan fingerprint density at radius 3 is 2.82 bits per heavy atom. The van der Waals surface area contributed by atoms with Crippen molar-refractivity contribution in [1.29, 1.82) is 0 Å². The Hall–Kier alpha value is -1.89. The molecule has 0 saturated carbocycles. The summed E-state index contributed by atoms with van der Waals surface area (Å²) >= 11 is 6.26. The molecule has 1 aromatic carbocycles. The Balaban J connectivity index is 1.76. The van der Waals surface area contributed by atoms with E-state index >= 15 is 0 Å². The second-order valence-electron chi connectivity index (χ2n) is 5.34. The van der Waals surface area contributed by atoms with Gasteiger partial charge in [-0.2, -0.15) is 5.10 Å². The van der Waals surface area contributed by atoms with Crippen molar-refractivity contribution >= 4 is 23.2 Å². The zero-order valence-electron chi connectivity index (χ0n) is 12.0. The third kappa shape index (κ3) is 2.99. The van der Waals surface area contributed by atoms with Crippen LogP contribution < -0.4 is 11.1 Å². The molecule has 1 aliphatic rings. The minimum Gasteiger partial charge on any atom is -0.381 e. The highest BCUT2D eigenvalue weighted by Gasteiger charge is 2.35. The molecule has 3 rings (SSSR count). The number of hydrogen-bond donors (Lipinski definition) is 2. The van der Waals surface area contributed by atoms with E-state index in [0.29, 0.717) is 36.8 Å². The zero-order valence-corrected chi connectivity index (χ0v) is 12.7. The molecule has 1 amide bonds. The van der Waals surface area contributed by atoms with Crippen LogP contribution in [-0.4, -0.2) is 34.4 Å². The van der Waals surface area contributed by atoms with Gasteiger partial charge in [-0.3, -0.25) is 4.79 Å². The predicted molar refractivity (Wildman–Crippen MR) is 84.2 cm³/mol. The Kier molecular flexibility index (Phi) is 4.15. The first-order valence-corrected chi connectivity index (χ1v) is 7.44. The fraction of sp³-hybridized carbons (Fsp3) is 0.333. The van der Waals surface area contributed by atoms with Crippen molar-refractivity contribution in [2.75, 3.05) is 18.5 Å². The lowest BCUT2D eigenvalue weighted by Crippen LogP contribution is -2.54. The van der Waals surface area contributed by atoms with Crippen LogP contribution in [0.25, 0.3) is 5.69 Å². The maximum atomic E-state index is 12.4. The molecule has 1 aliphatic heterocycles. The van der Waals surface area contributed by atoms with Gasteiger partial charge in [-0.15, -0.1) is 0 Å². The van der Waals surface area contributed by atoms with E-state index in [1.54, 1.807) is 35.3 Å². The number of carbonyl (C=O) groups is 1. The van der Waals surface area contributed by atoms with Crippen LogP contribution >= 0.6 is 11.6 Å². The molecule has 0 unspecified atom stereocenters. The van der Waals surface area contributed by atoms with Crippen molar-refractivity contribution in [3.8, 4) is 5.69 Å². The van der Waals surface area contributed by atoms with Gasteiger partial charge in [-0.05, 0) is 37.1 Å². The van der Waals surface area contributed by atoms with Crippen LogP contribution in [-0.2, 0) is 9.53 Å². The quantitative estimate of drug-likeness (QED) is 0.906. The van der Waals surface area contributed by atoms with E-state index in [9.17, 15) is 4.79 Å². The summed E-state index contributed by atoms with van der Waals surface area (Å²) in [7, 11) is 0. The molecule has 0 radical (unpaired) electrons. The number of carbonyl (C=O) groups excluding carboxylic acids is 1. The number of nitrogens with two attached hydrogens (primary N) is 1. The maximum absolute atomic E-state index is 12.4. The van der Waals surface area contributed by atoms with Crippen molar-refractivity contribution in [2.45, 2.75) is 18.4 Å². The van der Waals surface area contributed by atoms with Crippen LogP contribution in [0, 0.1) is 0 Å². The number of benzene rings is 1. The fourth-order valence-electron chi connectivity index (χ4n) is 2.40. The molecule has 2 aromatic rings. The predicted octanol–water partition coefficient (Wildman–Crippen LogP) is 1.97. The Labute approximate surface area is 133 Å². The van der Waals surface area contributed by atoms with Crippen LogP contribution in [0.4, 0.5) is 5.69 Å². The topological polar surface area (TPSA) is 82.2 Å². The van der Waals surface area contributed by atoms with Gasteiger partial charge in [-0.1, -0.05) is 11.6 Å². The highest BCUT2D eigenvalue weighted by Crippen LogP contribution is 2.25. The number of nitrogens with one attached hydrogen (secondary N) is 1. The zero-order chi connectivity index (χ0) is 15.6. The van der Waals surface area contributed by atoms with E-state index in [2.05, 4.69) is 10.4 Å². The van der Waals surface area contributed by atoms with Crippen LogP contribution in [0.2, 0.25) is 5.02 Å². The van der Waals surface area contributed by atoms with Gasteiger partial charge in [-0.25, -0.2) is 4.68 Å². The lowest BCUT2D eigenvalue weighted by molar-refractivity contribution is -0.124. The Morgan fingerprint density at radius 2 is 2.18 bits per heavy atom. The fourth-order valence-corrected chi connectivity index (χ4v) is 2.67. The van der Waals surface area contributed by atoms with E-state index < -0.39 is 5.54 Å². The molecule has 116 valence electrons. The van der Waals surface area contributed by atoms with Crippen molar-refractivity contribution in [2.24, 2.45) is 5.73 Å². The van der Waals surface area contributed by atoms with Gasteiger partial charge >= 0.3 is 0 Å². The normalized spacial score (nSPS) is 17.2. The summed E-state index contributed by atoms with van der Waals surface area (Å²) in [6.07, 6.45) is 4.50. The molecule has 0 aliphatic carbocycles. The van der Waals surface area contributed by atoms with Crippen LogP contribution in [0.5, 0.6) is 0 Å². The lowest BCUT2D eigenvalue weighted by Gasteiger charge is -2.31. The van der Waals surface area contributed by atoms with Gasteiger partial charge in [0.25, 0.3) is 0 Å². The third-order valence-corrected chi connectivity index (χ3v) is 4.10. The second-order valence-corrected chi connectivity index (χ2v) is 5.75. The van der Waals surface area contributed by atoms with Crippen molar-refractivity contribution in [3.63, 3.8) is 0 Å². The minimum atomic E-state index is -0.884. The molecule has 2 heterocycles. The third-order valence-electron chi connectivity index (χ3n) is 3.79. The average molecular weight is 321 g/mol. The molecule has 0 atom stereocenters. The summed E-state index contributed by atoms with van der Waals surface area (Å²) in [5.74, 6) is -0.210. The van der Waals surface area contributed by atoms with Gasteiger partial charge in [0.15, 0.2) is 0 Å². The summed E-state index contributed by atoms with van der Waals surface area (Å²) in [5.41, 5.74) is 6.63. The van der Waals surface area contributed by atoms with Gasteiger partial charge in [0.2, 0.25) is 5.91 Å². The molecule has 0 bridgehead atoms. The van der Waals surface area contributed by atoms with E-state index in [-0.39, 0.29) is 5.91 Å². The highest BCUT2D eigenvalue weighted by molar-refractivity contribution is 6.32. The lowest BCUT2D eigenvalue weighted by atomic mass is 9.90. The number of rotatable bonds is 3. The van der Waals surface area contributed by atoms with Gasteiger partial charge in [0.05, 0.1) is 10.7 Å². The van der Waals surface area contributed by atoms with E-state index in [0.717, 1.165) is 5.69 Å². The van der Waals surface area contributed by atoms with Crippen LogP contribution in [0.15, 0.2) is 36.7 Å². The second kappa shape index (κ2) is 6.08. The van der Waals surface area contributed by atoms with Gasteiger partial charge in [0, 0.05) is 31.3 Å². The van der Waals surface area contributed by atoms with Crippen LogP contribution in [0.3, 0.4) is 0 Å². The monoisotopic (exact) mass is 320 g/mol. The van der Waals surface area contributed by atoms with Crippen molar-refractivity contribution in [1.82, 2.24) is 9.78 Å². The molecule has 1 aromatic heterocycles. The number of ether oxygens (including phenoxy) is 1. The summed E-state index contributed by atoms with van der Waals surface area (Å²) in [5, 5.41) is 7.46. The van der Waals surface area contributed by atoms with E-state index in [1.807, 2.05) is 6.07 Å². The number of amides is 1. The van der Waals surface area contributed by atoms with Crippen LogP contribution in [0.1, 0.15) is 12.8 Å². The summed E-state index contributed by atoms with van der Waals surface area (Å²) < 4.78 is 6.91. The van der Waals surface area contributed by atoms with Crippen molar-refractivity contribution in [3.05, 3.63) is 41.7 Å². The molecular formula is C15H17ClN4O2. The van der Waals surface area contributed by atoms with E-state index in [1.165, 1.54) is 0 Å². The molecular weight excluding hydrogens is 304 g/mol. The standard InChI is InChI=1S/C15H17ClN4O2/c16-12-10-11(2-3-13(12)20-7-1-6-18-20)19-14(21)15(17)4-8-22-9-5-15/h1-3,6-7,10H,4-5,8-9,17H2,(H,19,21). The number of hydrogen-bond acceptors (Lipinski definition) is 4. The number of halogens is 1. The van der Waals surface area contributed by atoms with E-state index in [4.69, 9.17) is 22.1 Å². The Bertz CT molecular complexity index is 666. The summed E-state index contributed by atoms with van der Waals surface area (Å²) in [6, 6.07) is 7.09. The first-order valence-electron chi connectivity index (χ1n) is 7.06. The maximum Gasteiger partial charge on any atom is 0.244 e. The summed E-state index contributed by atoms with van der Waals surface area (Å²) in [6.45, 7) is 1.01. The molecule has 22 heavy (non-hydrogen) atoms. The molecule has 0 spiro atoms. The SMILES string of the molecule is NC1(C(=O)Nc2ccc(-n3cccn3)c(Cl)c2)CCOCC1. The Morgan fingerprint density at radius 1 is 1.41 bits per heavy atom. The molecule has 1 saturated heterocycles. The number of aromatic nitrogens is 2. The number of anilines is 1. The molecule has 7 heteroatoms. The highest BCUT2D eigenvalue weighted by atomic mass is 35.5. The van der Waals surface area contributed by atoms with Gasteiger partial charge < -0.3 is 15.8 Å². The summed E-state index contributed by atoms with van der Waals surface area (Å²) in [4.78, 5) is 12.4. The average Bonchev–Trinajstić information content (AvgIpc) is 3.02. The molecule has 6 nitrogen and oxygen atoms in total. The largest absolute Gasteiger partial charge is 0.381 e. The minimum absolute atomic E-state index is 0.210. The molecule has 1 fully saturated rings. The smallest absolute Gasteiger partial charge is 0.244 e. The first-order chi connectivity index (χ1) is 10.6. The molecule has 3 N–H and O–H groups in total.